The molecule has 0 N–H and O–H groups in total. The van der Waals surface area contributed by atoms with E-state index in [0.29, 0.717) is 10.4 Å². The van der Waals surface area contributed by atoms with Gasteiger partial charge < -0.3 is 4.42 Å². The summed E-state index contributed by atoms with van der Waals surface area (Å²) in [6.45, 7) is 0. The third-order valence-electron chi connectivity index (χ3n) is 1.91. The van der Waals surface area contributed by atoms with Crippen LogP contribution in [0.2, 0.25) is 0 Å². The molecule has 0 radical (unpaired) electrons. The molecule has 2 heterocycles. The van der Waals surface area contributed by atoms with E-state index in [-0.39, 0.29) is 5.78 Å². The van der Waals surface area contributed by atoms with Crippen LogP contribution in [0.3, 0.4) is 0 Å². The molecular formula is C12H8BrNO2. The van der Waals surface area contributed by atoms with Crippen LogP contribution >= 0.6 is 15.9 Å². The minimum absolute atomic E-state index is 0.184. The molecule has 4 heteroatoms. The van der Waals surface area contributed by atoms with Crippen molar-refractivity contribution >= 4 is 27.8 Å². The van der Waals surface area contributed by atoms with Gasteiger partial charge in [0.2, 0.25) is 5.78 Å². The normalized spacial score (nSPS) is 10.8. The van der Waals surface area contributed by atoms with Gasteiger partial charge in [0.25, 0.3) is 0 Å². The second-order valence-corrected chi connectivity index (χ2v) is 3.84. The van der Waals surface area contributed by atoms with Crippen molar-refractivity contribution in [3.63, 3.8) is 0 Å². The van der Waals surface area contributed by atoms with E-state index in [1.54, 1.807) is 24.4 Å². The average molecular weight is 278 g/mol. The fourth-order valence-corrected chi connectivity index (χ4v) is 1.47. The summed E-state index contributed by atoms with van der Waals surface area (Å²) in [6, 6.07) is 8.81. The standard InChI is InChI=1S/C12H8BrNO2/c13-12-7-6-11(16-12)10(15)5-4-9-3-1-2-8-14-9/h1-8H. The molecule has 0 amide bonds. The maximum atomic E-state index is 11.6. The number of hydrogen-bond acceptors (Lipinski definition) is 3. The first kappa shape index (κ1) is 10.8. The van der Waals surface area contributed by atoms with Crippen LogP contribution in [0.15, 0.2) is 51.7 Å². The summed E-state index contributed by atoms with van der Waals surface area (Å²) in [5, 5.41) is 0. The van der Waals surface area contributed by atoms with Crippen LogP contribution in [0.5, 0.6) is 0 Å². The molecular weight excluding hydrogens is 270 g/mol. The highest BCUT2D eigenvalue weighted by Crippen LogP contribution is 2.15. The molecule has 0 saturated heterocycles. The Bertz CT molecular complexity index is 517. The Morgan fingerprint density at radius 2 is 2.19 bits per heavy atom. The van der Waals surface area contributed by atoms with Crippen molar-refractivity contribution < 1.29 is 9.21 Å². The maximum absolute atomic E-state index is 11.6. The number of allylic oxidation sites excluding steroid dienone is 1. The van der Waals surface area contributed by atoms with E-state index in [2.05, 4.69) is 20.9 Å². The van der Waals surface area contributed by atoms with Crippen molar-refractivity contribution in [3.8, 4) is 0 Å². The first-order valence-corrected chi connectivity index (χ1v) is 5.44. The fraction of sp³-hybridized carbons (Fsp3) is 0. The molecule has 0 aromatic carbocycles. The van der Waals surface area contributed by atoms with E-state index < -0.39 is 0 Å². The molecule has 2 aromatic rings. The van der Waals surface area contributed by atoms with Gasteiger partial charge in [0.15, 0.2) is 10.4 Å². The molecule has 0 aliphatic rings. The van der Waals surface area contributed by atoms with Crippen LogP contribution in [0.1, 0.15) is 16.2 Å². The highest BCUT2D eigenvalue weighted by Gasteiger charge is 2.06. The minimum atomic E-state index is -0.184. The molecule has 80 valence electrons. The van der Waals surface area contributed by atoms with Gasteiger partial charge in [0, 0.05) is 6.20 Å². The molecule has 0 aliphatic heterocycles. The Morgan fingerprint density at radius 3 is 2.81 bits per heavy atom. The molecule has 2 rings (SSSR count). The number of ketones is 1. The summed E-state index contributed by atoms with van der Waals surface area (Å²) in [4.78, 5) is 15.7. The number of aromatic nitrogens is 1. The smallest absolute Gasteiger partial charge is 0.221 e. The number of hydrogen-bond donors (Lipinski definition) is 0. The summed E-state index contributed by atoms with van der Waals surface area (Å²) in [5.41, 5.74) is 0.737. The molecule has 0 fully saturated rings. The Balaban J connectivity index is 2.11. The summed E-state index contributed by atoms with van der Waals surface area (Å²) in [7, 11) is 0. The SMILES string of the molecule is O=C(C=Cc1ccccn1)c1ccc(Br)o1. The molecule has 16 heavy (non-hydrogen) atoms. The van der Waals surface area contributed by atoms with Crippen molar-refractivity contribution in [2.75, 3.05) is 0 Å². The van der Waals surface area contributed by atoms with Gasteiger partial charge in [-0.3, -0.25) is 9.78 Å². The monoisotopic (exact) mass is 277 g/mol. The lowest BCUT2D eigenvalue weighted by Crippen LogP contribution is -1.90. The summed E-state index contributed by atoms with van der Waals surface area (Å²) in [5.74, 6) is 0.121. The van der Waals surface area contributed by atoms with E-state index in [9.17, 15) is 4.79 Å². The van der Waals surface area contributed by atoms with Crippen LogP contribution in [-0.4, -0.2) is 10.8 Å². The summed E-state index contributed by atoms with van der Waals surface area (Å²) < 4.78 is 5.67. The Hall–Kier alpha value is -1.68. The molecule has 0 saturated carbocycles. The Kier molecular flexibility index (Phi) is 3.31. The fourth-order valence-electron chi connectivity index (χ4n) is 1.16. The van der Waals surface area contributed by atoms with Crippen molar-refractivity contribution in [2.45, 2.75) is 0 Å². The second-order valence-electron chi connectivity index (χ2n) is 3.06. The first-order chi connectivity index (χ1) is 7.75. The number of rotatable bonds is 3. The minimum Gasteiger partial charge on any atom is -0.446 e. The highest BCUT2D eigenvalue weighted by molar-refractivity contribution is 9.10. The lowest BCUT2D eigenvalue weighted by Gasteiger charge is -1.90. The number of nitrogens with zero attached hydrogens (tertiary/aromatic N) is 1. The van der Waals surface area contributed by atoms with Crippen LogP contribution in [0, 0.1) is 0 Å². The van der Waals surface area contributed by atoms with E-state index in [4.69, 9.17) is 4.42 Å². The van der Waals surface area contributed by atoms with Crippen LogP contribution in [-0.2, 0) is 0 Å². The first-order valence-electron chi connectivity index (χ1n) is 4.64. The van der Waals surface area contributed by atoms with Gasteiger partial charge in [0.05, 0.1) is 5.69 Å². The number of pyridine rings is 1. The summed E-state index contributed by atoms with van der Waals surface area (Å²) >= 11 is 3.14. The van der Waals surface area contributed by atoms with Crippen molar-refractivity contribution in [2.24, 2.45) is 0 Å². The van der Waals surface area contributed by atoms with Crippen LogP contribution in [0.4, 0.5) is 0 Å². The second kappa shape index (κ2) is 4.90. The average Bonchev–Trinajstić information content (AvgIpc) is 2.74. The van der Waals surface area contributed by atoms with Gasteiger partial charge in [-0.05, 0) is 52.3 Å². The Morgan fingerprint density at radius 1 is 1.31 bits per heavy atom. The van der Waals surface area contributed by atoms with Gasteiger partial charge >= 0.3 is 0 Å². The number of furan rings is 1. The zero-order chi connectivity index (χ0) is 11.4. The van der Waals surface area contributed by atoms with Crippen molar-refractivity contribution in [3.05, 3.63) is 58.7 Å². The lowest BCUT2D eigenvalue weighted by atomic mass is 10.2. The van der Waals surface area contributed by atoms with Gasteiger partial charge in [-0.15, -0.1) is 0 Å². The number of halogens is 1. The zero-order valence-corrected chi connectivity index (χ0v) is 9.85. The van der Waals surface area contributed by atoms with Gasteiger partial charge in [-0.1, -0.05) is 6.07 Å². The van der Waals surface area contributed by atoms with E-state index in [1.165, 1.54) is 6.08 Å². The number of carbonyl (C=O) groups excluding carboxylic acids is 1. The Labute approximate surface area is 101 Å². The topological polar surface area (TPSA) is 43.1 Å². The summed E-state index contributed by atoms with van der Waals surface area (Å²) in [6.07, 6.45) is 4.76. The highest BCUT2D eigenvalue weighted by atomic mass is 79.9. The molecule has 2 aromatic heterocycles. The maximum Gasteiger partial charge on any atom is 0.221 e. The zero-order valence-electron chi connectivity index (χ0n) is 8.26. The molecule has 0 spiro atoms. The predicted molar refractivity (Wildman–Crippen MR) is 64.0 cm³/mol. The lowest BCUT2D eigenvalue weighted by molar-refractivity contribution is 0.102. The largest absolute Gasteiger partial charge is 0.446 e. The number of carbonyl (C=O) groups is 1. The van der Waals surface area contributed by atoms with Crippen molar-refractivity contribution in [1.82, 2.24) is 4.98 Å². The van der Waals surface area contributed by atoms with Gasteiger partial charge in [-0.2, -0.15) is 0 Å². The quantitative estimate of drug-likeness (QED) is 0.638. The van der Waals surface area contributed by atoms with Gasteiger partial charge in [-0.25, -0.2) is 0 Å². The molecule has 0 aliphatic carbocycles. The van der Waals surface area contributed by atoms with E-state index in [1.807, 2.05) is 18.2 Å². The molecule has 0 atom stereocenters. The van der Waals surface area contributed by atoms with Crippen molar-refractivity contribution in [1.29, 1.82) is 0 Å². The van der Waals surface area contributed by atoms with Gasteiger partial charge in [0.1, 0.15) is 0 Å². The molecule has 0 bridgehead atoms. The van der Waals surface area contributed by atoms with E-state index >= 15 is 0 Å². The molecule has 0 unspecified atom stereocenters. The predicted octanol–water partition coefficient (Wildman–Crippen LogP) is 3.33. The van der Waals surface area contributed by atoms with E-state index in [0.717, 1.165) is 5.69 Å². The third-order valence-corrected chi connectivity index (χ3v) is 2.34. The molecule has 3 nitrogen and oxygen atoms in total. The van der Waals surface area contributed by atoms with Crippen LogP contribution < -0.4 is 0 Å². The van der Waals surface area contributed by atoms with Crippen LogP contribution in [0.25, 0.3) is 6.08 Å². The third kappa shape index (κ3) is 2.67.